The van der Waals surface area contributed by atoms with Crippen LogP contribution in [-0.4, -0.2) is 19.8 Å². The fraction of sp³-hybridized carbons (Fsp3) is 0.562. The van der Waals surface area contributed by atoms with Crippen LogP contribution in [0.2, 0.25) is 0 Å². The minimum Gasteiger partial charge on any atom is -0.493 e. The first-order valence-corrected chi connectivity index (χ1v) is 13.9. The predicted octanol–water partition coefficient (Wildman–Crippen LogP) is 9.21. The van der Waals surface area contributed by atoms with Gasteiger partial charge in [0.25, 0.3) is 0 Å². The molecule has 2 rings (SSSR count). The molecule has 0 saturated carbocycles. The molecule has 0 amide bonds. The summed E-state index contributed by atoms with van der Waals surface area (Å²) in [5, 5.41) is 0. The van der Waals surface area contributed by atoms with Crippen LogP contribution in [0.25, 0.3) is 11.1 Å². The summed E-state index contributed by atoms with van der Waals surface area (Å²) in [6.07, 6.45) is 20.7. The van der Waals surface area contributed by atoms with E-state index in [1.165, 1.54) is 57.8 Å². The summed E-state index contributed by atoms with van der Waals surface area (Å²) in [6.45, 7) is 8.53. The SMILES string of the molecule is C#Cc1ccc(-c2ccc(OCCCCCCCCCCCC)cc2OCCC)c(OCCC)c1. The van der Waals surface area contributed by atoms with Gasteiger partial charge in [-0.2, -0.15) is 0 Å². The van der Waals surface area contributed by atoms with Gasteiger partial charge in [-0.1, -0.05) is 84.5 Å². The summed E-state index contributed by atoms with van der Waals surface area (Å²) in [4.78, 5) is 0. The molecule has 3 heteroatoms. The first-order chi connectivity index (χ1) is 17.2. The van der Waals surface area contributed by atoms with Gasteiger partial charge in [0.1, 0.15) is 17.2 Å². The summed E-state index contributed by atoms with van der Waals surface area (Å²) in [7, 11) is 0. The second-order valence-corrected chi connectivity index (χ2v) is 9.24. The lowest BCUT2D eigenvalue weighted by Gasteiger charge is -2.17. The zero-order valence-electron chi connectivity index (χ0n) is 22.4. The zero-order valence-corrected chi connectivity index (χ0v) is 22.4. The van der Waals surface area contributed by atoms with Gasteiger partial charge in [-0.3, -0.25) is 0 Å². The van der Waals surface area contributed by atoms with Crippen molar-refractivity contribution in [3.8, 4) is 40.7 Å². The molecule has 0 atom stereocenters. The van der Waals surface area contributed by atoms with Gasteiger partial charge in [0.2, 0.25) is 0 Å². The minimum atomic E-state index is 0.645. The summed E-state index contributed by atoms with van der Waals surface area (Å²) in [5.41, 5.74) is 2.80. The standard InChI is InChI=1S/C32H46O3/c1-5-9-10-11-12-13-14-15-16-17-24-33-28-19-21-30(32(26-28)35-23-7-3)29-20-18-27(8-4)25-31(29)34-22-6-2/h4,18-21,25-26H,5-7,9-17,22-24H2,1-3H3. The minimum absolute atomic E-state index is 0.645. The molecule has 2 aromatic carbocycles. The van der Waals surface area contributed by atoms with Crippen molar-refractivity contribution in [3.05, 3.63) is 42.0 Å². The van der Waals surface area contributed by atoms with Gasteiger partial charge >= 0.3 is 0 Å². The maximum atomic E-state index is 6.13. The highest BCUT2D eigenvalue weighted by atomic mass is 16.5. The number of hydrogen-bond donors (Lipinski definition) is 0. The fourth-order valence-electron chi connectivity index (χ4n) is 4.09. The zero-order chi connectivity index (χ0) is 25.1. The van der Waals surface area contributed by atoms with Crippen LogP contribution in [0.1, 0.15) is 103 Å². The van der Waals surface area contributed by atoms with E-state index in [0.29, 0.717) is 13.2 Å². The summed E-state index contributed by atoms with van der Waals surface area (Å²) >= 11 is 0. The molecule has 0 aliphatic heterocycles. The molecule has 35 heavy (non-hydrogen) atoms. The third-order valence-electron chi connectivity index (χ3n) is 6.08. The molecule has 2 aromatic rings. The van der Waals surface area contributed by atoms with E-state index in [1.807, 2.05) is 30.3 Å². The maximum Gasteiger partial charge on any atom is 0.130 e. The van der Waals surface area contributed by atoms with Crippen molar-refractivity contribution in [1.82, 2.24) is 0 Å². The van der Waals surface area contributed by atoms with Gasteiger partial charge in [-0.05, 0) is 49.6 Å². The smallest absolute Gasteiger partial charge is 0.130 e. The summed E-state index contributed by atoms with van der Waals surface area (Å²) in [6, 6.07) is 12.0. The van der Waals surface area contributed by atoms with E-state index in [4.69, 9.17) is 20.6 Å². The topological polar surface area (TPSA) is 27.7 Å². The van der Waals surface area contributed by atoms with E-state index in [1.54, 1.807) is 0 Å². The van der Waals surface area contributed by atoms with Gasteiger partial charge in [0.05, 0.1) is 19.8 Å². The highest BCUT2D eigenvalue weighted by Gasteiger charge is 2.14. The molecule has 192 valence electrons. The molecule has 0 N–H and O–H groups in total. The predicted molar refractivity (Wildman–Crippen MR) is 149 cm³/mol. The Labute approximate surface area is 214 Å². The Bertz CT molecular complexity index is 881. The van der Waals surface area contributed by atoms with Crippen molar-refractivity contribution >= 4 is 0 Å². The molecule has 0 fully saturated rings. The number of unbranched alkanes of at least 4 members (excludes halogenated alkanes) is 9. The highest BCUT2D eigenvalue weighted by molar-refractivity contribution is 5.77. The average Bonchev–Trinajstić information content (AvgIpc) is 2.89. The summed E-state index contributed by atoms with van der Waals surface area (Å²) < 4.78 is 18.2. The van der Waals surface area contributed by atoms with Crippen LogP contribution < -0.4 is 14.2 Å². The van der Waals surface area contributed by atoms with Crippen molar-refractivity contribution in [3.63, 3.8) is 0 Å². The number of benzene rings is 2. The quantitative estimate of drug-likeness (QED) is 0.149. The molecule has 3 nitrogen and oxygen atoms in total. The largest absolute Gasteiger partial charge is 0.493 e. The van der Waals surface area contributed by atoms with Crippen LogP contribution in [0.3, 0.4) is 0 Å². The van der Waals surface area contributed by atoms with Crippen molar-refractivity contribution < 1.29 is 14.2 Å². The molecule has 0 aliphatic rings. The molecule has 0 aromatic heterocycles. The molecular formula is C32H46O3. The first kappa shape index (κ1) is 28.6. The van der Waals surface area contributed by atoms with Gasteiger partial charge < -0.3 is 14.2 Å². The van der Waals surface area contributed by atoms with Crippen LogP contribution in [0.4, 0.5) is 0 Å². The average molecular weight is 479 g/mol. The second-order valence-electron chi connectivity index (χ2n) is 9.24. The molecule has 0 heterocycles. The number of ether oxygens (including phenoxy) is 3. The van der Waals surface area contributed by atoms with Gasteiger partial charge in [0.15, 0.2) is 0 Å². The Kier molecular flexibility index (Phi) is 14.5. The van der Waals surface area contributed by atoms with Crippen molar-refractivity contribution in [2.75, 3.05) is 19.8 Å². The molecule has 0 aliphatic carbocycles. The lowest BCUT2D eigenvalue weighted by Crippen LogP contribution is -2.02. The highest BCUT2D eigenvalue weighted by Crippen LogP contribution is 2.39. The second kappa shape index (κ2) is 17.8. The van der Waals surface area contributed by atoms with E-state index in [9.17, 15) is 0 Å². The molecule has 0 spiro atoms. The molecule has 0 saturated heterocycles. The van der Waals surface area contributed by atoms with Gasteiger partial charge in [0, 0.05) is 22.8 Å². The Balaban J connectivity index is 1.94. The van der Waals surface area contributed by atoms with E-state index >= 15 is 0 Å². The lowest BCUT2D eigenvalue weighted by atomic mass is 10.0. The van der Waals surface area contributed by atoms with Crippen molar-refractivity contribution in [1.29, 1.82) is 0 Å². The summed E-state index contributed by atoms with van der Waals surface area (Å²) in [5.74, 6) is 5.17. The van der Waals surface area contributed by atoms with E-state index in [2.05, 4.69) is 32.8 Å². The molecule has 0 radical (unpaired) electrons. The van der Waals surface area contributed by atoms with Gasteiger partial charge in [-0.15, -0.1) is 6.42 Å². The Hall–Kier alpha value is -2.60. The van der Waals surface area contributed by atoms with Crippen LogP contribution >= 0.6 is 0 Å². The van der Waals surface area contributed by atoms with E-state index in [-0.39, 0.29) is 0 Å². The number of terminal acetylenes is 1. The number of hydrogen-bond acceptors (Lipinski definition) is 3. The van der Waals surface area contributed by atoms with E-state index in [0.717, 1.165) is 59.8 Å². The van der Waals surface area contributed by atoms with Crippen LogP contribution in [-0.2, 0) is 0 Å². The Morgan fingerprint density at radius 1 is 0.571 bits per heavy atom. The third-order valence-corrected chi connectivity index (χ3v) is 6.08. The normalized spacial score (nSPS) is 10.7. The van der Waals surface area contributed by atoms with Crippen LogP contribution in [0, 0.1) is 12.3 Å². The third kappa shape index (κ3) is 10.7. The molecule has 0 bridgehead atoms. The Morgan fingerprint density at radius 2 is 1.11 bits per heavy atom. The Morgan fingerprint density at radius 3 is 1.69 bits per heavy atom. The fourth-order valence-corrected chi connectivity index (χ4v) is 4.09. The number of rotatable bonds is 19. The van der Waals surface area contributed by atoms with E-state index < -0.39 is 0 Å². The monoisotopic (exact) mass is 478 g/mol. The molecular weight excluding hydrogens is 432 g/mol. The maximum absolute atomic E-state index is 6.13. The lowest BCUT2D eigenvalue weighted by molar-refractivity contribution is 0.294. The van der Waals surface area contributed by atoms with Gasteiger partial charge in [-0.25, -0.2) is 0 Å². The van der Waals surface area contributed by atoms with Crippen LogP contribution in [0.5, 0.6) is 17.2 Å². The van der Waals surface area contributed by atoms with Crippen LogP contribution in [0.15, 0.2) is 36.4 Å². The van der Waals surface area contributed by atoms with Crippen molar-refractivity contribution in [2.24, 2.45) is 0 Å². The van der Waals surface area contributed by atoms with Crippen molar-refractivity contribution in [2.45, 2.75) is 97.8 Å². The molecule has 0 unspecified atom stereocenters. The first-order valence-electron chi connectivity index (χ1n) is 13.9.